The molecule has 0 unspecified atom stereocenters. The second-order valence-corrected chi connectivity index (χ2v) is 5.12. The fraction of sp³-hybridized carbons (Fsp3) is 0.0556. The topological polar surface area (TPSA) is 87.2 Å². The minimum Gasteiger partial charge on any atom is -0.365 e. The lowest BCUT2D eigenvalue weighted by atomic mass is 10.0. The number of amides is 2. The standard InChI is InChI=1S/C18H13N3O2/c19-10-14(17(20)22)16-13-8-4-5-9-15(13)21(18(16)23)11-12-6-2-1-3-7-12/h1-9H,11H2,(H2,20,22)/b16-14-. The lowest BCUT2D eigenvalue weighted by molar-refractivity contribution is -0.115. The Hall–Kier alpha value is -3.39. The summed E-state index contributed by atoms with van der Waals surface area (Å²) in [6.45, 7) is 0.359. The van der Waals surface area contributed by atoms with Crippen LogP contribution in [0.3, 0.4) is 0 Å². The molecule has 0 atom stereocenters. The van der Waals surface area contributed by atoms with Crippen molar-refractivity contribution in [1.29, 1.82) is 5.26 Å². The minimum absolute atomic E-state index is 0.0755. The molecule has 0 aliphatic carbocycles. The minimum atomic E-state index is -0.896. The van der Waals surface area contributed by atoms with Crippen molar-refractivity contribution in [2.75, 3.05) is 4.90 Å². The van der Waals surface area contributed by atoms with Gasteiger partial charge in [-0.1, -0.05) is 48.5 Å². The van der Waals surface area contributed by atoms with Crippen molar-refractivity contribution in [3.05, 3.63) is 71.3 Å². The smallest absolute Gasteiger partial charge is 0.260 e. The highest BCUT2D eigenvalue weighted by molar-refractivity contribution is 6.36. The number of benzene rings is 2. The molecule has 0 saturated heterocycles. The molecule has 2 N–H and O–H groups in total. The number of anilines is 1. The molecule has 1 aliphatic heterocycles. The molecule has 3 rings (SSSR count). The number of primary amides is 1. The first-order valence-electron chi connectivity index (χ1n) is 7.03. The molecule has 0 spiro atoms. The molecule has 0 bridgehead atoms. The molecule has 5 nitrogen and oxygen atoms in total. The molecule has 1 heterocycles. The quantitative estimate of drug-likeness (QED) is 0.695. The lowest BCUT2D eigenvalue weighted by Crippen LogP contribution is -2.27. The predicted octanol–water partition coefficient (Wildman–Crippen LogP) is 2.00. The van der Waals surface area contributed by atoms with Crippen molar-refractivity contribution in [3.63, 3.8) is 0 Å². The van der Waals surface area contributed by atoms with Gasteiger partial charge in [0.1, 0.15) is 11.6 Å². The van der Waals surface area contributed by atoms with Crippen LogP contribution in [0.1, 0.15) is 11.1 Å². The first-order valence-corrected chi connectivity index (χ1v) is 7.03. The number of carbonyl (C=O) groups is 2. The van der Waals surface area contributed by atoms with Crippen molar-refractivity contribution < 1.29 is 9.59 Å². The number of nitrogens with two attached hydrogens (primary N) is 1. The average molecular weight is 303 g/mol. The Morgan fingerprint density at radius 2 is 1.74 bits per heavy atom. The van der Waals surface area contributed by atoms with Gasteiger partial charge in [-0.05, 0) is 11.6 Å². The molecule has 0 aromatic heterocycles. The van der Waals surface area contributed by atoms with Crippen molar-refractivity contribution in [1.82, 2.24) is 0 Å². The molecule has 0 fully saturated rings. The van der Waals surface area contributed by atoms with Gasteiger partial charge >= 0.3 is 0 Å². The van der Waals surface area contributed by atoms with Crippen LogP contribution in [0.15, 0.2) is 60.2 Å². The van der Waals surface area contributed by atoms with Crippen LogP contribution < -0.4 is 10.6 Å². The number of hydrogen-bond acceptors (Lipinski definition) is 3. The molecule has 0 saturated carbocycles. The van der Waals surface area contributed by atoms with Crippen LogP contribution in [0.2, 0.25) is 0 Å². The van der Waals surface area contributed by atoms with E-state index in [4.69, 9.17) is 5.73 Å². The zero-order valence-electron chi connectivity index (χ0n) is 12.2. The van der Waals surface area contributed by atoms with Gasteiger partial charge in [-0.25, -0.2) is 0 Å². The van der Waals surface area contributed by atoms with Gasteiger partial charge in [-0.2, -0.15) is 5.26 Å². The maximum absolute atomic E-state index is 12.8. The van der Waals surface area contributed by atoms with Gasteiger partial charge in [0.2, 0.25) is 0 Å². The summed E-state index contributed by atoms with van der Waals surface area (Å²) in [5.41, 5.74) is 7.21. The van der Waals surface area contributed by atoms with Crippen LogP contribution in [-0.4, -0.2) is 11.8 Å². The number of nitrogens with zero attached hydrogens (tertiary/aromatic N) is 2. The normalized spacial score (nSPS) is 15.1. The maximum Gasteiger partial charge on any atom is 0.260 e. The van der Waals surface area contributed by atoms with Crippen LogP contribution in [0.25, 0.3) is 5.57 Å². The molecular formula is C18H13N3O2. The van der Waals surface area contributed by atoms with Crippen LogP contribution in [0.5, 0.6) is 0 Å². The van der Waals surface area contributed by atoms with E-state index in [0.29, 0.717) is 17.8 Å². The highest BCUT2D eigenvalue weighted by Crippen LogP contribution is 2.39. The van der Waals surface area contributed by atoms with Crippen molar-refractivity contribution in [3.8, 4) is 6.07 Å². The zero-order valence-corrected chi connectivity index (χ0v) is 12.2. The Bertz CT molecular complexity index is 863. The summed E-state index contributed by atoms with van der Waals surface area (Å²) < 4.78 is 0. The van der Waals surface area contributed by atoms with Gasteiger partial charge < -0.3 is 10.6 Å². The van der Waals surface area contributed by atoms with Crippen molar-refractivity contribution >= 4 is 23.1 Å². The number of para-hydroxylation sites is 1. The van der Waals surface area contributed by atoms with E-state index in [0.717, 1.165) is 5.56 Å². The van der Waals surface area contributed by atoms with Crippen LogP contribution >= 0.6 is 0 Å². The Morgan fingerprint density at radius 1 is 1.09 bits per heavy atom. The number of rotatable bonds is 3. The summed E-state index contributed by atoms with van der Waals surface area (Å²) >= 11 is 0. The zero-order chi connectivity index (χ0) is 16.4. The Morgan fingerprint density at radius 3 is 2.39 bits per heavy atom. The van der Waals surface area contributed by atoms with Gasteiger partial charge in [0, 0.05) is 5.56 Å². The number of carbonyl (C=O) groups excluding carboxylic acids is 2. The molecule has 23 heavy (non-hydrogen) atoms. The summed E-state index contributed by atoms with van der Waals surface area (Å²) in [4.78, 5) is 25.8. The molecular weight excluding hydrogens is 290 g/mol. The van der Waals surface area contributed by atoms with E-state index in [-0.39, 0.29) is 17.1 Å². The molecule has 2 amide bonds. The summed E-state index contributed by atoms with van der Waals surface area (Å²) in [6.07, 6.45) is 0. The first kappa shape index (κ1) is 14.5. The second-order valence-electron chi connectivity index (χ2n) is 5.12. The van der Waals surface area contributed by atoms with E-state index in [1.165, 1.54) is 0 Å². The Balaban J connectivity index is 2.13. The van der Waals surface area contributed by atoms with E-state index in [1.54, 1.807) is 29.2 Å². The summed E-state index contributed by atoms with van der Waals surface area (Å²) in [5, 5.41) is 9.20. The molecule has 112 valence electrons. The molecule has 2 aromatic rings. The molecule has 2 aromatic carbocycles. The summed E-state index contributed by atoms with van der Waals surface area (Å²) in [5.74, 6) is -1.28. The first-order chi connectivity index (χ1) is 11.1. The summed E-state index contributed by atoms with van der Waals surface area (Å²) in [6, 6.07) is 18.3. The largest absolute Gasteiger partial charge is 0.365 e. The Labute approximate surface area is 133 Å². The van der Waals surface area contributed by atoms with E-state index < -0.39 is 5.91 Å². The maximum atomic E-state index is 12.8. The monoisotopic (exact) mass is 303 g/mol. The van der Waals surface area contributed by atoms with Crippen molar-refractivity contribution in [2.45, 2.75) is 6.54 Å². The SMILES string of the molecule is N#C/C(C(N)=O)=C1/C(=O)N(Cc2ccccc2)c2ccccc21. The van der Waals surface area contributed by atoms with E-state index in [9.17, 15) is 14.9 Å². The number of fused-ring (bicyclic) bond motifs is 1. The van der Waals surface area contributed by atoms with Gasteiger partial charge in [-0.15, -0.1) is 0 Å². The van der Waals surface area contributed by atoms with Crippen LogP contribution in [-0.2, 0) is 16.1 Å². The third kappa shape index (κ3) is 2.47. The summed E-state index contributed by atoms with van der Waals surface area (Å²) in [7, 11) is 0. The number of hydrogen-bond donors (Lipinski definition) is 1. The van der Waals surface area contributed by atoms with Gasteiger partial charge in [-0.3, -0.25) is 9.59 Å². The number of nitriles is 1. The van der Waals surface area contributed by atoms with Crippen LogP contribution in [0, 0.1) is 11.3 Å². The lowest BCUT2D eigenvalue weighted by Gasteiger charge is -2.17. The van der Waals surface area contributed by atoms with Crippen LogP contribution in [0.4, 0.5) is 5.69 Å². The third-order valence-corrected chi connectivity index (χ3v) is 3.71. The average Bonchev–Trinajstić information content (AvgIpc) is 2.83. The fourth-order valence-electron chi connectivity index (χ4n) is 2.68. The predicted molar refractivity (Wildman–Crippen MR) is 85.8 cm³/mol. The Kier molecular flexibility index (Phi) is 3.65. The highest BCUT2D eigenvalue weighted by Gasteiger charge is 2.35. The molecule has 0 radical (unpaired) electrons. The van der Waals surface area contributed by atoms with Gasteiger partial charge in [0.15, 0.2) is 0 Å². The third-order valence-electron chi connectivity index (χ3n) is 3.71. The van der Waals surface area contributed by atoms with E-state index in [2.05, 4.69) is 0 Å². The molecule has 1 aliphatic rings. The molecule has 5 heteroatoms. The van der Waals surface area contributed by atoms with Crippen molar-refractivity contribution in [2.24, 2.45) is 5.73 Å². The van der Waals surface area contributed by atoms with E-state index in [1.807, 2.05) is 36.4 Å². The van der Waals surface area contributed by atoms with Gasteiger partial charge in [0.25, 0.3) is 11.8 Å². The highest BCUT2D eigenvalue weighted by atomic mass is 16.2. The van der Waals surface area contributed by atoms with Gasteiger partial charge in [0.05, 0.1) is 17.8 Å². The second kappa shape index (κ2) is 5.78. The van der Waals surface area contributed by atoms with E-state index >= 15 is 0 Å². The fourth-order valence-corrected chi connectivity index (χ4v) is 2.68.